The van der Waals surface area contributed by atoms with Crippen molar-refractivity contribution in [3.63, 3.8) is 0 Å². The molecule has 0 aliphatic rings. The summed E-state index contributed by atoms with van der Waals surface area (Å²) < 4.78 is 45.5. The molecule has 0 heterocycles. The molecule has 2 aromatic carbocycles. The quantitative estimate of drug-likeness (QED) is 0.655. The van der Waals surface area contributed by atoms with Gasteiger partial charge in [-0.15, -0.1) is 0 Å². The molecule has 2 rings (SSSR count). The van der Waals surface area contributed by atoms with Gasteiger partial charge in [0, 0.05) is 0 Å². The van der Waals surface area contributed by atoms with E-state index in [0.717, 1.165) is 12.1 Å². The molecule has 0 aromatic heterocycles. The third-order valence-electron chi connectivity index (χ3n) is 3.87. The minimum Gasteiger partial charge on any atom is -0.492 e. The van der Waals surface area contributed by atoms with Gasteiger partial charge in [0.05, 0.1) is 18.8 Å². The Bertz CT molecular complexity index is 827. The Morgan fingerprint density at radius 1 is 1.00 bits per heavy atom. The van der Waals surface area contributed by atoms with Gasteiger partial charge in [0.1, 0.15) is 5.75 Å². The molecule has 28 heavy (non-hydrogen) atoms. The van der Waals surface area contributed by atoms with E-state index in [-0.39, 0.29) is 5.69 Å². The van der Waals surface area contributed by atoms with Crippen LogP contribution in [0.1, 0.15) is 12.5 Å². The molecule has 0 aliphatic heterocycles. The normalized spacial score (nSPS) is 13.3. The van der Waals surface area contributed by atoms with Gasteiger partial charge in [-0.25, -0.2) is 0 Å². The summed E-state index contributed by atoms with van der Waals surface area (Å²) in [6.07, 6.45) is -5.07. The van der Waals surface area contributed by atoms with Crippen molar-refractivity contribution in [1.82, 2.24) is 5.32 Å². The summed E-state index contributed by atoms with van der Waals surface area (Å²) in [5.74, 6) is -2.21. The van der Waals surface area contributed by atoms with Crippen molar-refractivity contribution in [2.45, 2.75) is 18.7 Å². The van der Waals surface area contributed by atoms with Crippen LogP contribution >= 0.6 is 0 Å². The lowest BCUT2D eigenvalue weighted by atomic mass is 9.93. The molecule has 0 fully saturated rings. The van der Waals surface area contributed by atoms with Gasteiger partial charge < -0.3 is 20.5 Å². The average Bonchev–Trinajstić information content (AvgIpc) is 2.67. The maximum absolute atomic E-state index is 13.4. The maximum Gasteiger partial charge on any atom is 0.423 e. The number of alkyl halides is 3. The lowest BCUT2D eigenvalue weighted by molar-refractivity contribution is -0.264. The zero-order valence-electron chi connectivity index (χ0n) is 14.9. The highest BCUT2D eigenvalue weighted by molar-refractivity contribution is 6.39. The number of benzene rings is 2. The summed E-state index contributed by atoms with van der Waals surface area (Å²) in [5.41, 5.74) is -3.60. The van der Waals surface area contributed by atoms with E-state index in [9.17, 15) is 27.9 Å². The maximum atomic E-state index is 13.4. The van der Waals surface area contributed by atoms with Crippen molar-refractivity contribution in [2.24, 2.45) is 0 Å². The van der Waals surface area contributed by atoms with Gasteiger partial charge in [-0.2, -0.15) is 13.2 Å². The SMILES string of the molecule is CCOc1ccccc1NC(=O)C(=O)NCC(O)(c1ccccc1)C(F)(F)F. The number of hydrogen-bond acceptors (Lipinski definition) is 4. The van der Waals surface area contributed by atoms with Crippen LogP contribution in [0, 0.1) is 0 Å². The van der Waals surface area contributed by atoms with Crippen molar-refractivity contribution in [2.75, 3.05) is 18.5 Å². The summed E-state index contributed by atoms with van der Waals surface area (Å²) in [6, 6.07) is 12.6. The Labute approximate surface area is 159 Å². The molecule has 2 amide bonds. The van der Waals surface area contributed by atoms with E-state index < -0.39 is 35.7 Å². The largest absolute Gasteiger partial charge is 0.492 e. The van der Waals surface area contributed by atoms with Crippen LogP contribution in [-0.4, -0.2) is 36.2 Å². The molecule has 3 N–H and O–H groups in total. The summed E-state index contributed by atoms with van der Waals surface area (Å²) in [5, 5.41) is 14.3. The first kappa shape index (κ1) is 21.2. The highest BCUT2D eigenvalue weighted by atomic mass is 19.4. The van der Waals surface area contributed by atoms with Gasteiger partial charge >= 0.3 is 18.0 Å². The number of amides is 2. The Hall–Kier alpha value is -3.07. The lowest BCUT2D eigenvalue weighted by Gasteiger charge is -2.31. The molecule has 9 heteroatoms. The predicted octanol–water partition coefficient (Wildman–Crippen LogP) is 2.59. The molecule has 150 valence electrons. The van der Waals surface area contributed by atoms with Crippen LogP contribution in [0.4, 0.5) is 18.9 Å². The van der Waals surface area contributed by atoms with Crippen LogP contribution in [0.15, 0.2) is 54.6 Å². The first-order valence-corrected chi connectivity index (χ1v) is 8.34. The monoisotopic (exact) mass is 396 g/mol. The second-order valence-electron chi connectivity index (χ2n) is 5.79. The molecule has 0 bridgehead atoms. The van der Waals surface area contributed by atoms with Crippen LogP contribution in [0.2, 0.25) is 0 Å². The second kappa shape index (κ2) is 8.75. The Morgan fingerprint density at radius 3 is 2.21 bits per heavy atom. The minimum absolute atomic E-state index is 0.193. The Balaban J connectivity index is 2.10. The van der Waals surface area contributed by atoms with E-state index in [1.165, 1.54) is 24.3 Å². The smallest absolute Gasteiger partial charge is 0.423 e. The molecule has 0 spiro atoms. The molecule has 0 saturated heterocycles. The Morgan fingerprint density at radius 2 is 1.61 bits per heavy atom. The van der Waals surface area contributed by atoms with Crippen LogP contribution in [0.25, 0.3) is 0 Å². The van der Waals surface area contributed by atoms with Crippen molar-refractivity contribution in [3.8, 4) is 5.75 Å². The van der Waals surface area contributed by atoms with Crippen LogP contribution in [0.3, 0.4) is 0 Å². The molecular weight excluding hydrogens is 377 g/mol. The van der Waals surface area contributed by atoms with Gasteiger partial charge in [0.15, 0.2) is 0 Å². The van der Waals surface area contributed by atoms with E-state index >= 15 is 0 Å². The number of anilines is 1. The predicted molar refractivity (Wildman–Crippen MR) is 95.6 cm³/mol. The number of aliphatic hydroxyl groups is 1. The zero-order valence-corrected chi connectivity index (χ0v) is 14.9. The number of carbonyl (C=O) groups excluding carboxylic acids is 2. The second-order valence-corrected chi connectivity index (χ2v) is 5.79. The standard InChI is InChI=1S/C19H19F3N2O4/c1-2-28-15-11-7-6-10-14(15)24-17(26)16(25)23-12-18(27,19(20,21)22)13-8-4-3-5-9-13/h3-11,27H,2,12H2,1H3,(H,23,25)(H,24,26). The fourth-order valence-corrected chi connectivity index (χ4v) is 2.40. The van der Waals surface area contributed by atoms with E-state index in [0.29, 0.717) is 12.4 Å². The molecular formula is C19H19F3N2O4. The Kier molecular flexibility index (Phi) is 6.63. The highest BCUT2D eigenvalue weighted by Crippen LogP contribution is 2.38. The summed E-state index contributed by atoms with van der Waals surface area (Å²) in [6.45, 7) is 0.821. The first-order valence-electron chi connectivity index (χ1n) is 8.34. The summed E-state index contributed by atoms with van der Waals surface area (Å²) in [4.78, 5) is 24.0. The summed E-state index contributed by atoms with van der Waals surface area (Å²) in [7, 11) is 0. The van der Waals surface area contributed by atoms with Gasteiger partial charge in [0.2, 0.25) is 5.60 Å². The number of rotatable bonds is 6. The molecule has 1 atom stereocenters. The fourth-order valence-electron chi connectivity index (χ4n) is 2.40. The number of nitrogens with one attached hydrogen (secondary N) is 2. The molecule has 0 saturated carbocycles. The van der Waals surface area contributed by atoms with Crippen molar-refractivity contribution in [1.29, 1.82) is 0 Å². The molecule has 0 radical (unpaired) electrons. The lowest BCUT2D eigenvalue weighted by Crippen LogP contribution is -2.52. The zero-order chi connectivity index (χ0) is 20.8. The molecule has 6 nitrogen and oxygen atoms in total. The molecule has 1 unspecified atom stereocenters. The highest BCUT2D eigenvalue weighted by Gasteiger charge is 2.55. The average molecular weight is 396 g/mol. The van der Waals surface area contributed by atoms with Gasteiger partial charge in [-0.05, 0) is 24.6 Å². The van der Waals surface area contributed by atoms with Gasteiger partial charge in [0.25, 0.3) is 0 Å². The molecule has 0 aliphatic carbocycles. The fraction of sp³-hybridized carbons (Fsp3) is 0.263. The van der Waals surface area contributed by atoms with E-state index in [1.807, 2.05) is 5.32 Å². The number of para-hydroxylation sites is 2. The third kappa shape index (κ3) is 4.80. The van der Waals surface area contributed by atoms with E-state index in [2.05, 4.69) is 5.32 Å². The van der Waals surface area contributed by atoms with Crippen LogP contribution in [-0.2, 0) is 15.2 Å². The topological polar surface area (TPSA) is 87.7 Å². The third-order valence-corrected chi connectivity index (χ3v) is 3.87. The van der Waals surface area contributed by atoms with E-state index in [1.54, 1.807) is 25.1 Å². The van der Waals surface area contributed by atoms with Crippen LogP contribution in [0.5, 0.6) is 5.75 Å². The van der Waals surface area contributed by atoms with Crippen molar-refractivity contribution < 1.29 is 32.6 Å². The first-order chi connectivity index (χ1) is 13.2. The number of hydrogen-bond donors (Lipinski definition) is 3. The van der Waals surface area contributed by atoms with Crippen LogP contribution < -0.4 is 15.4 Å². The van der Waals surface area contributed by atoms with E-state index in [4.69, 9.17) is 4.74 Å². The van der Waals surface area contributed by atoms with Gasteiger partial charge in [-0.1, -0.05) is 42.5 Å². The van der Waals surface area contributed by atoms with Crippen molar-refractivity contribution >= 4 is 17.5 Å². The summed E-state index contributed by atoms with van der Waals surface area (Å²) >= 11 is 0. The number of carbonyl (C=O) groups is 2. The number of halogens is 3. The number of ether oxygens (including phenoxy) is 1. The minimum atomic E-state index is -5.07. The van der Waals surface area contributed by atoms with Gasteiger partial charge in [-0.3, -0.25) is 9.59 Å². The van der Waals surface area contributed by atoms with Crippen molar-refractivity contribution in [3.05, 3.63) is 60.2 Å². The molecule has 2 aromatic rings.